The number of anilines is 1. The zero-order valence-corrected chi connectivity index (χ0v) is 12.1. The minimum absolute atomic E-state index is 0.667. The molecule has 1 aromatic rings. The number of nitrogens with one attached hydrogen (secondary N) is 1. The molecule has 0 heterocycles. The second-order valence-electron chi connectivity index (χ2n) is 6.21. The summed E-state index contributed by atoms with van der Waals surface area (Å²) in [6, 6.07) is 9.69. The number of benzene rings is 1. The van der Waals surface area contributed by atoms with Crippen molar-refractivity contribution in [2.75, 3.05) is 5.32 Å². The monoisotopic (exact) mass is 245 g/mol. The third-order valence-electron chi connectivity index (χ3n) is 4.04. The molecule has 0 bridgehead atoms. The Morgan fingerprint density at radius 3 is 2.17 bits per heavy atom. The quantitative estimate of drug-likeness (QED) is 0.797. The number of hydrogen-bond donors (Lipinski definition) is 1. The number of hydrogen-bond acceptors (Lipinski definition) is 1. The van der Waals surface area contributed by atoms with Gasteiger partial charge in [0.1, 0.15) is 0 Å². The Morgan fingerprint density at radius 1 is 1.00 bits per heavy atom. The Morgan fingerprint density at radius 2 is 1.61 bits per heavy atom. The molecular weight excluding hydrogens is 218 g/mol. The fourth-order valence-electron chi connectivity index (χ4n) is 3.36. The third-order valence-corrected chi connectivity index (χ3v) is 4.04. The Labute approximate surface area is 112 Å². The van der Waals surface area contributed by atoms with Gasteiger partial charge in [0.15, 0.2) is 0 Å². The van der Waals surface area contributed by atoms with E-state index in [2.05, 4.69) is 50.4 Å². The molecule has 1 fully saturated rings. The van der Waals surface area contributed by atoms with Gasteiger partial charge in [-0.2, -0.15) is 0 Å². The van der Waals surface area contributed by atoms with Crippen LogP contribution in [0, 0.1) is 11.8 Å². The van der Waals surface area contributed by atoms with Crippen molar-refractivity contribution in [3.63, 3.8) is 0 Å². The van der Waals surface area contributed by atoms with Gasteiger partial charge in [0.2, 0.25) is 0 Å². The predicted octanol–water partition coefficient (Wildman–Crippen LogP) is 4.88. The van der Waals surface area contributed by atoms with E-state index in [0.29, 0.717) is 6.04 Å². The smallest absolute Gasteiger partial charge is 0.0342 e. The van der Waals surface area contributed by atoms with Gasteiger partial charge in [-0.1, -0.05) is 39.3 Å². The SMILES string of the molecule is CCCc1ccc(NC2CC(C)CC(C)C2)cc1. The Hall–Kier alpha value is -0.980. The number of aryl methyl sites for hydroxylation is 1. The average molecular weight is 245 g/mol. The van der Waals surface area contributed by atoms with Crippen LogP contribution in [0.2, 0.25) is 0 Å². The summed E-state index contributed by atoms with van der Waals surface area (Å²) in [5.41, 5.74) is 2.74. The Balaban J connectivity index is 1.92. The predicted molar refractivity (Wildman–Crippen MR) is 80.0 cm³/mol. The highest BCUT2D eigenvalue weighted by Crippen LogP contribution is 2.30. The summed E-state index contributed by atoms with van der Waals surface area (Å²) in [5, 5.41) is 3.71. The van der Waals surface area contributed by atoms with Crippen LogP contribution in [0.15, 0.2) is 24.3 Å². The molecule has 1 aromatic carbocycles. The topological polar surface area (TPSA) is 12.0 Å². The van der Waals surface area contributed by atoms with E-state index in [4.69, 9.17) is 0 Å². The number of rotatable bonds is 4. The fourth-order valence-corrected chi connectivity index (χ4v) is 3.36. The van der Waals surface area contributed by atoms with Crippen molar-refractivity contribution in [3.8, 4) is 0 Å². The maximum absolute atomic E-state index is 3.71. The van der Waals surface area contributed by atoms with Gasteiger partial charge in [-0.3, -0.25) is 0 Å². The van der Waals surface area contributed by atoms with Crippen LogP contribution in [0.3, 0.4) is 0 Å². The highest BCUT2D eigenvalue weighted by Gasteiger charge is 2.23. The third kappa shape index (κ3) is 3.76. The lowest BCUT2D eigenvalue weighted by molar-refractivity contribution is 0.281. The first kappa shape index (κ1) is 13.5. The molecule has 1 aliphatic rings. The molecule has 1 aliphatic carbocycles. The highest BCUT2D eigenvalue weighted by atomic mass is 14.9. The molecule has 1 heteroatoms. The summed E-state index contributed by atoms with van der Waals surface area (Å²) < 4.78 is 0. The van der Waals surface area contributed by atoms with Gasteiger partial charge in [-0.15, -0.1) is 0 Å². The summed E-state index contributed by atoms with van der Waals surface area (Å²) in [7, 11) is 0. The molecule has 2 unspecified atom stereocenters. The molecule has 100 valence electrons. The Kier molecular flexibility index (Phi) is 4.68. The van der Waals surface area contributed by atoms with Gasteiger partial charge in [0.05, 0.1) is 0 Å². The molecular formula is C17H27N. The van der Waals surface area contributed by atoms with Gasteiger partial charge in [0, 0.05) is 11.7 Å². The van der Waals surface area contributed by atoms with Crippen molar-refractivity contribution in [1.82, 2.24) is 0 Å². The molecule has 2 atom stereocenters. The van der Waals surface area contributed by atoms with E-state index in [-0.39, 0.29) is 0 Å². The molecule has 0 saturated heterocycles. The first-order chi connectivity index (χ1) is 8.67. The summed E-state index contributed by atoms with van der Waals surface area (Å²) in [5.74, 6) is 1.73. The normalized spacial score (nSPS) is 28.1. The first-order valence-electron chi connectivity index (χ1n) is 7.52. The van der Waals surface area contributed by atoms with Crippen LogP contribution in [-0.4, -0.2) is 6.04 Å². The van der Waals surface area contributed by atoms with Gasteiger partial charge in [-0.25, -0.2) is 0 Å². The van der Waals surface area contributed by atoms with Gasteiger partial charge < -0.3 is 5.32 Å². The lowest BCUT2D eigenvalue weighted by Gasteiger charge is -2.32. The first-order valence-corrected chi connectivity index (χ1v) is 7.52. The zero-order valence-electron chi connectivity index (χ0n) is 12.1. The molecule has 0 aliphatic heterocycles. The summed E-state index contributed by atoms with van der Waals surface area (Å²) in [4.78, 5) is 0. The molecule has 2 rings (SSSR count). The van der Waals surface area contributed by atoms with Crippen LogP contribution in [-0.2, 0) is 6.42 Å². The summed E-state index contributed by atoms with van der Waals surface area (Å²) in [6.07, 6.45) is 6.46. The van der Waals surface area contributed by atoms with Gasteiger partial charge in [0.25, 0.3) is 0 Å². The van der Waals surface area contributed by atoms with Crippen molar-refractivity contribution in [3.05, 3.63) is 29.8 Å². The largest absolute Gasteiger partial charge is 0.382 e. The van der Waals surface area contributed by atoms with Crippen molar-refractivity contribution in [2.24, 2.45) is 11.8 Å². The van der Waals surface area contributed by atoms with Crippen LogP contribution in [0.1, 0.15) is 52.0 Å². The molecule has 1 nitrogen and oxygen atoms in total. The molecule has 1 saturated carbocycles. The molecule has 18 heavy (non-hydrogen) atoms. The van der Waals surface area contributed by atoms with Crippen molar-refractivity contribution in [1.29, 1.82) is 0 Å². The molecule has 0 radical (unpaired) electrons. The van der Waals surface area contributed by atoms with Crippen molar-refractivity contribution in [2.45, 2.75) is 58.9 Å². The maximum atomic E-state index is 3.71. The van der Waals surface area contributed by atoms with Gasteiger partial charge in [-0.05, 0) is 55.2 Å². The fraction of sp³-hybridized carbons (Fsp3) is 0.647. The van der Waals surface area contributed by atoms with E-state index in [1.165, 1.54) is 43.4 Å². The van der Waals surface area contributed by atoms with Crippen molar-refractivity contribution < 1.29 is 0 Å². The summed E-state index contributed by atoms with van der Waals surface area (Å²) in [6.45, 7) is 7.00. The minimum Gasteiger partial charge on any atom is -0.382 e. The Bertz CT molecular complexity index is 344. The van der Waals surface area contributed by atoms with Crippen LogP contribution in [0.25, 0.3) is 0 Å². The second-order valence-corrected chi connectivity index (χ2v) is 6.21. The lowest BCUT2D eigenvalue weighted by Crippen LogP contribution is -2.30. The van der Waals surface area contributed by atoms with Crippen LogP contribution in [0.4, 0.5) is 5.69 Å². The van der Waals surface area contributed by atoms with Crippen LogP contribution >= 0.6 is 0 Å². The molecule has 1 N–H and O–H groups in total. The summed E-state index contributed by atoms with van der Waals surface area (Å²) >= 11 is 0. The van der Waals surface area contributed by atoms with E-state index in [1.54, 1.807) is 0 Å². The average Bonchev–Trinajstić information content (AvgIpc) is 2.31. The van der Waals surface area contributed by atoms with Crippen LogP contribution in [0.5, 0.6) is 0 Å². The highest BCUT2D eigenvalue weighted by molar-refractivity contribution is 5.45. The second kappa shape index (κ2) is 6.26. The van der Waals surface area contributed by atoms with E-state index < -0.39 is 0 Å². The van der Waals surface area contributed by atoms with Gasteiger partial charge >= 0.3 is 0 Å². The van der Waals surface area contributed by atoms with E-state index in [1.807, 2.05) is 0 Å². The standard InChI is InChI=1S/C17H27N/c1-4-5-15-6-8-16(9-7-15)18-17-11-13(2)10-14(3)12-17/h6-9,13-14,17-18H,4-5,10-12H2,1-3H3. The molecule has 0 aromatic heterocycles. The van der Waals surface area contributed by atoms with E-state index in [9.17, 15) is 0 Å². The van der Waals surface area contributed by atoms with E-state index >= 15 is 0 Å². The van der Waals surface area contributed by atoms with E-state index in [0.717, 1.165) is 11.8 Å². The molecule has 0 amide bonds. The lowest BCUT2D eigenvalue weighted by atomic mass is 9.80. The zero-order chi connectivity index (χ0) is 13.0. The van der Waals surface area contributed by atoms with Crippen LogP contribution < -0.4 is 5.32 Å². The minimum atomic E-state index is 0.667. The van der Waals surface area contributed by atoms with Crippen molar-refractivity contribution >= 4 is 5.69 Å². The molecule has 0 spiro atoms. The maximum Gasteiger partial charge on any atom is 0.0342 e.